The highest BCUT2D eigenvalue weighted by atomic mass is 16.7. The molecule has 0 aromatic carbocycles. The molecule has 1 unspecified atom stereocenters. The fourth-order valence-electron chi connectivity index (χ4n) is 8.69. The van der Waals surface area contributed by atoms with E-state index >= 15 is 0 Å². The van der Waals surface area contributed by atoms with E-state index in [1.54, 1.807) is 0 Å². The fourth-order valence-corrected chi connectivity index (χ4v) is 8.69. The number of Topliss-reactive ketones (excluding diaryl/α,β-unsaturated/α-hetero) is 1. The van der Waals surface area contributed by atoms with E-state index < -0.39 is 63.9 Å². The average molecular weight is 487 g/mol. The zero-order valence-electron chi connectivity index (χ0n) is 20.5. The smallest absolute Gasteiger partial charge is 0.339 e. The highest BCUT2D eigenvalue weighted by Gasteiger charge is 2.88. The normalized spacial score (nSPS) is 51.5. The predicted molar refractivity (Wildman–Crippen MR) is 117 cm³/mol. The van der Waals surface area contributed by atoms with Gasteiger partial charge < -0.3 is 24.1 Å². The Morgan fingerprint density at radius 1 is 0.943 bits per heavy atom. The molecule has 6 rings (SSSR count). The van der Waals surface area contributed by atoms with Crippen LogP contribution in [0.4, 0.5) is 0 Å². The standard InChI is InChI=1S/C26H30O9/c1-22(2)14-11-15(27)25(5)13(23(14,3)8-7-16(28)34-22)6-9-24(4)18(12-10-17(29)32-20(12)30)33-21(31)19-26(24,25)35-19/h7-8,10,13-14,18-20,30H,6,9,11H2,1-5H3/t13-,14+,18+,19-,20?,23-,24+,25+,26-/m1/s1. The van der Waals surface area contributed by atoms with Crippen LogP contribution in [-0.4, -0.2) is 58.5 Å². The third kappa shape index (κ3) is 2.46. The van der Waals surface area contributed by atoms with Gasteiger partial charge in [0.05, 0.1) is 5.41 Å². The van der Waals surface area contributed by atoms with Crippen LogP contribution >= 0.6 is 0 Å². The van der Waals surface area contributed by atoms with Gasteiger partial charge in [-0.15, -0.1) is 0 Å². The number of cyclic esters (lactones) is 3. The van der Waals surface area contributed by atoms with Crippen LogP contribution < -0.4 is 0 Å². The van der Waals surface area contributed by atoms with E-state index in [4.69, 9.17) is 18.9 Å². The Balaban J connectivity index is 1.51. The number of rotatable bonds is 1. The lowest BCUT2D eigenvalue weighted by molar-refractivity contribution is -0.212. The summed E-state index contributed by atoms with van der Waals surface area (Å²) in [5.41, 5.74) is -4.40. The highest BCUT2D eigenvalue weighted by molar-refractivity contribution is 5.94. The largest absolute Gasteiger partial charge is 0.456 e. The Hall–Kier alpha value is -2.52. The first-order chi connectivity index (χ1) is 16.2. The molecule has 6 aliphatic rings. The maximum absolute atomic E-state index is 14.2. The van der Waals surface area contributed by atoms with Gasteiger partial charge in [0.2, 0.25) is 6.29 Å². The van der Waals surface area contributed by atoms with Crippen molar-refractivity contribution in [3.8, 4) is 0 Å². The minimum atomic E-state index is -1.52. The number of epoxide rings is 1. The second-order valence-corrected chi connectivity index (χ2v) is 12.1. The van der Waals surface area contributed by atoms with Crippen molar-refractivity contribution in [1.29, 1.82) is 0 Å². The number of fused-ring (bicyclic) bond motifs is 3. The minimum Gasteiger partial charge on any atom is -0.456 e. The molecular formula is C26H30O9. The Bertz CT molecular complexity index is 1150. The molecule has 0 aromatic heterocycles. The van der Waals surface area contributed by atoms with Gasteiger partial charge in [-0.3, -0.25) is 4.79 Å². The molecule has 2 aliphatic carbocycles. The molecule has 0 radical (unpaired) electrons. The molecule has 188 valence electrons. The number of esters is 3. The van der Waals surface area contributed by atoms with Crippen LogP contribution in [0.3, 0.4) is 0 Å². The molecule has 4 heterocycles. The number of ketones is 1. The van der Waals surface area contributed by atoms with Gasteiger partial charge in [0.15, 0.2) is 6.10 Å². The molecule has 0 bridgehead atoms. The second kappa shape index (κ2) is 6.42. The number of aliphatic hydroxyl groups is 1. The van der Waals surface area contributed by atoms with Crippen molar-refractivity contribution >= 4 is 23.7 Å². The van der Waals surface area contributed by atoms with Crippen LogP contribution in [-0.2, 0) is 38.1 Å². The van der Waals surface area contributed by atoms with E-state index in [2.05, 4.69) is 6.92 Å². The van der Waals surface area contributed by atoms with Gasteiger partial charge in [-0.2, -0.15) is 0 Å². The van der Waals surface area contributed by atoms with Gasteiger partial charge in [0.25, 0.3) is 0 Å². The van der Waals surface area contributed by atoms with E-state index in [1.165, 1.54) is 6.08 Å². The van der Waals surface area contributed by atoms with E-state index in [0.717, 1.165) is 6.08 Å². The minimum absolute atomic E-state index is 0.0421. The van der Waals surface area contributed by atoms with Crippen LogP contribution in [0.5, 0.6) is 0 Å². The van der Waals surface area contributed by atoms with Crippen LogP contribution in [0, 0.1) is 28.1 Å². The summed E-state index contributed by atoms with van der Waals surface area (Å²) in [7, 11) is 0. The van der Waals surface area contributed by atoms with Gasteiger partial charge in [-0.05, 0) is 44.9 Å². The Morgan fingerprint density at radius 2 is 1.66 bits per heavy atom. The Morgan fingerprint density at radius 3 is 2.31 bits per heavy atom. The van der Waals surface area contributed by atoms with E-state index in [9.17, 15) is 24.3 Å². The molecular weight excluding hydrogens is 456 g/mol. The van der Waals surface area contributed by atoms with E-state index in [-0.39, 0.29) is 29.6 Å². The molecule has 9 nitrogen and oxygen atoms in total. The number of hydrogen-bond donors (Lipinski definition) is 1. The van der Waals surface area contributed by atoms with Crippen LogP contribution in [0.1, 0.15) is 53.9 Å². The van der Waals surface area contributed by atoms with Gasteiger partial charge in [0, 0.05) is 35.5 Å². The quantitative estimate of drug-likeness (QED) is 0.335. The molecule has 9 atom stereocenters. The van der Waals surface area contributed by atoms with Crippen molar-refractivity contribution in [3.05, 3.63) is 23.8 Å². The molecule has 0 amide bonds. The summed E-state index contributed by atoms with van der Waals surface area (Å²) in [6.07, 6.45) is 2.35. The summed E-state index contributed by atoms with van der Waals surface area (Å²) in [6.45, 7) is 9.54. The second-order valence-electron chi connectivity index (χ2n) is 12.1. The third-order valence-electron chi connectivity index (χ3n) is 10.3. The zero-order chi connectivity index (χ0) is 25.3. The lowest BCUT2D eigenvalue weighted by Gasteiger charge is -2.65. The third-order valence-corrected chi connectivity index (χ3v) is 10.3. The number of carbonyl (C=O) groups excluding carboxylic acids is 4. The first-order valence-electron chi connectivity index (χ1n) is 12.2. The monoisotopic (exact) mass is 486 g/mol. The summed E-state index contributed by atoms with van der Waals surface area (Å²) in [6, 6.07) is 0. The molecule has 0 aromatic rings. The van der Waals surface area contributed by atoms with Crippen molar-refractivity contribution in [3.63, 3.8) is 0 Å². The number of carbonyl (C=O) groups is 4. The molecule has 1 N–H and O–H groups in total. The molecule has 9 heteroatoms. The number of hydrogen-bond acceptors (Lipinski definition) is 9. The summed E-state index contributed by atoms with van der Waals surface area (Å²) in [5, 5.41) is 10.4. The van der Waals surface area contributed by atoms with E-state index in [1.807, 2.05) is 33.8 Å². The van der Waals surface area contributed by atoms with Crippen LogP contribution in [0.25, 0.3) is 0 Å². The maximum Gasteiger partial charge on any atom is 0.339 e. The molecule has 2 saturated carbocycles. The van der Waals surface area contributed by atoms with Crippen LogP contribution in [0.2, 0.25) is 0 Å². The number of allylic oxidation sites excluding steroid dienone is 1. The average Bonchev–Trinajstić information content (AvgIpc) is 3.47. The first-order valence-corrected chi connectivity index (χ1v) is 12.2. The first kappa shape index (κ1) is 22.9. The van der Waals surface area contributed by atoms with Gasteiger partial charge in [0.1, 0.15) is 23.1 Å². The number of aliphatic hydroxyl groups excluding tert-OH is 1. The number of ether oxygens (including phenoxy) is 4. The molecule has 1 spiro atoms. The lowest BCUT2D eigenvalue weighted by atomic mass is 9.37. The summed E-state index contributed by atoms with van der Waals surface area (Å²) in [4.78, 5) is 51.5. The maximum atomic E-state index is 14.2. The van der Waals surface area contributed by atoms with Crippen molar-refractivity contribution in [2.24, 2.45) is 28.1 Å². The molecule has 4 aliphatic heterocycles. The summed E-state index contributed by atoms with van der Waals surface area (Å²) >= 11 is 0. The summed E-state index contributed by atoms with van der Waals surface area (Å²) in [5.74, 6) is -2.29. The van der Waals surface area contributed by atoms with Crippen molar-refractivity contribution in [1.82, 2.24) is 0 Å². The lowest BCUT2D eigenvalue weighted by Crippen LogP contribution is -2.72. The van der Waals surface area contributed by atoms with Gasteiger partial charge in [-0.25, -0.2) is 14.4 Å². The predicted octanol–water partition coefficient (Wildman–Crippen LogP) is 1.76. The van der Waals surface area contributed by atoms with Crippen molar-refractivity contribution in [2.75, 3.05) is 0 Å². The Labute approximate surface area is 202 Å². The molecule has 4 fully saturated rings. The summed E-state index contributed by atoms with van der Waals surface area (Å²) < 4.78 is 22.6. The zero-order valence-corrected chi connectivity index (χ0v) is 20.5. The molecule has 2 saturated heterocycles. The van der Waals surface area contributed by atoms with Gasteiger partial charge in [-0.1, -0.05) is 19.9 Å². The Kier molecular flexibility index (Phi) is 4.20. The fraction of sp³-hybridized carbons (Fsp3) is 0.692. The molecule has 35 heavy (non-hydrogen) atoms. The SMILES string of the molecule is CC1(C)OC(=O)C=C[C@]2(C)[C@H]3CC[C@@]4(C)[C@H](C5=CC(=O)OC5O)OC(=O)[C@H]5O[C@]54[C@]3(C)C(=O)C[C@@H]12. The van der Waals surface area contributed by atoms with Crippen LogP contribution in [0.15, 0.2) is 23.8 Å². The topological polar surface area (TPSA) is 129 Å². The van der Waals surface area contributed by atoms with Crippen molar-refractivity contribution in [2.45, 2.75) is 83.6 Å². The van der Waals surface area contributed by atoms with Gasteiger partial charge >= 0.3 is 17.9 Å². The van der Waals surface area contributed by atoms with E-state index in [0.29, 0.717) is 12.8 Å². The van der Waals surface area contributed by atoms with Crippen molar-refractivity contribution < 1.29 is 43.2 Å². The highest BCUT2D eigenvalue weighted by Crippen LogP contribution is 2.77.